The molecule has 84 valence electrons. The number of benzene rings is 1. The molecule has 0 heterocycles. The van der Waals surface area contributed by atoms with E-state index in [2.05, 4.69) is 0 Å². The number of rotatable bonds is 4. The topological polar surface area (TPSA) is 29.5 Å². The van der Waals surface area contributed by atoms with Crippen LogP contribution in [-0.4, -0.2) is 16.3 Å². The van der Waals surface area contributed by atoms with Crippen LogP contribution in [0.15, 0.2) is 30.3 Å². The van der Waals surface area contributed by atoms with Gasteiger partial charge in [-0.3, -0.25) is 0 Å². The van der Waals surface area contributed by atoms with Gasteiger partial charge in [-0.05, 0) is 39.8 Å². The minimum Gasteiger partial charge on any atom is -0.488 e. The molecule has 0 saturated heterocycles. The van der Waals surface area contributed by atoms with Crippen molar-refractivity contribution in [1.82, 2.24) is 0 Å². The maximum absolute atomic E-state index is 9.75. The summed E-state index contributed by atoms with van der Waals surface area (Å²) >= 11 is 0. The second kappa shape index (κ2) is 4.23. The van der Waals surface area contributed by atoms with E-state index < -0.39 is 5.60 Å². The molecule has 15 heavy (non-hydrogen) atoms. The lowest BCUT2D eigenvalue weighted by Gasteiger charge is -2.32. The lowest BCUT2D eigenvalue weighted by molar-refractivity contribution is -0.0106. The molecule has 0 fully saturated rings. The number of hydrogen-bond donors (Lipinski definition) is 1. The highest BCUT2D eigenvalue weighted by atomic mass is 16.5. The van der Waals surface area contributed by atoms with Crippen LogP contribution >= 0.6 is 0 Å². The van der Waals surface area contributed by atoms with Gasteiger partial charge >= 0.3 is 0 Å². The number of aliphatic hydroxyl groups is 1. The molecular formula is C13H20O2. The van der Waals surface area contributed by atoms with Gasteiger partial charge in [0.25, 0.3) is 0 Å². The highest BCUT2D eigenvalue weighted by molar-refractivity contribution is 5.21. The van der Waals surface area contributed by atoms with E-state index in [1.165, 1.54) is 0 Å². The Bertz CT molecular complexity index is 296. The van der Waals surface area contributed by atoms with Gasteiger partial charge in [0.15, 0.2) is 0 Å². The van der Waals surface area contributed by atoms with Crippen molar-refractivity contribution in [2.24, 2.45) is 0 Å². The highest BCUT2D eigenvalue weighted by Gasteiger charge is 2.28. The van der Waals surface area contributed by atoms with Gasteiger partial charge in [-0.15, -0.1) is 0 Å². The molecule has 0 bridgehead atoms. The molecule has 0 saturated carbocycles. The molecule has 1 aromatic rings. The van der Waals surface area contributed by atoms with Gasteiger partial charge in [0.05, 0.1) is 5.60 Å². The van der Waals surface area contributed by atoms with Gasteiger partial charge in [0.2, 0.25) is 0 Å². The van der Waals surface area contributed by atoms with Crippen LogP contribution in [0.5, 0.6) is 5.75 Å². The predicted molar refractivity (Wildman–Crippen MR) is 62.1 cm³/mol. The third kappa shape index (κ3) is 4.84. The smallest absolute Gasteiger partial charge is 0.120 e. The summed E-state index contributed by atoms with van der Waals surface area (Å²) in [5.74, 6) is 0.840. The van der Waals surface area contributed by atoms with Crippen molar-refractivity contribution >= 4 is 0 Å². The fourth-order valence-corrected chi connectivity index (χ4v) is 1.89. The molecule has 0 atom stereocenters. The Labute approximate surface area is 91.9 Å². The average Bonchev–Trinajstić information content (AvgIpc) is 1.99. The minimum absolute atomic E-state index is 0.362. The molecule has 2 heteroatoms. The molecule has 0 unspecified atom stereocenters. The van der Waals surface area contributed by atoms with E-state index in [1.807, 2.05) is 44.2 Å². The Hall–Kier alpha value is -1.02. The van der Waals surface area contributed by atoms with Crippen molar-refractivity contribution < 1.29 is 9.84 Å². The Balaban J connectivity index is 2.65. The number of para-hydroxylation sites is 1. The minimum atomic E-state index is -0.710. The first-order valence-corrected chi connectivity index (χ1v) is 5.25. The average molecular weight is 208 g/mol. The predicted octanol–water partition coefficient (Wildman–Crippen LogP) is 3.01. The third-order valence-corrected chi connectivity index (χ3v) is 2.00. The molecule has 0 radical (unpaired) electrons. The van der Waals surface area contributed by atoms with Gasteiger partial charge in [-0.25, -0.2) is 0 Å². The van der Waals surface area contributed by atoms with Crippen molar-refractivity contribution in [2.45, 2.75) is 45.3 Å². The zero-order valence-corrected chi connectivity index (χ0v) is 9.95. The maximum Gasteiger partial charge on any atom is 0.120 e. The van der Waals surface area contributed by atoms with Crippen LogP contribution in [0.4, 0.5) is 0 Å². The normalized spacial score (nSPS) is 12.6. The summed E-state index contributed by atoms with van der Waals surface area (Å²) < 4.78 is 5.82. The molecule has 1 N–H and O–H groups in total. The second-order valence-electron chi connectivity index (χ2n) is 5.16. The van der Waals surface area contributed by atoms with Crippen LogP contribution in [-0.2, 0) is 0 Å². The maximum atomic E-state index is 9.75. The second-order valence-corrected chi connectivity index (χ2v) is 5.16. The van der Waals surface area contributed by atoms with Crippen molar-refractivity contribution in [3.8, 4) is 5.75 Å². The number of ether oxygens (including phenoxy) is 1. The van der Waals surface area contributed by atoms with E-state index in [-0.39, 0.29) is 5.60 Å². The molecule has 0 aliphatic heterocycles. The van der Waals surface area contributed by atoms with Gasteiger partial charge in [0.1, 0.15) is 11.4 Å². The van der Waals surface area contributed by atoms with Crippen LogP contribution in [0.1, 0.15) is 34.1 Å². The molecule has 0 amide bonds. The monoisotopic (exact) mass is 208 g/mol. The Morgan fingerprint density at radius 3 is 2.07 bits per heavy atom. The molecule has 0 aliphatic rings. The lowest BCUT2D eigenvalue weighted by atomic mass is 9.92. The summed E-state index contributed by atoms with van der Waals surface area (Å²) in [7, 11) is 0. The summed E-state index contributed by atoms with van der Waals surface area (Å²) in [5, 5.41) is 9.75. The van der Waals surface area contributed by atoms with Crippen molar-refractivity contribution in [3.05, 3.63) is 30.3 Å². The summed E-state index contributed by atoms with van der Waals surface area (Å²) in [5.41, 5.74) is -1.07. The molecule has 0 spiro atoms. The molecular weight excluding hydrogens is 188 g/mol. The standard InChI is InChI=1S/C13H20O2/c1-12(2,14)10-13(3,4)15-11-8-6-5-7-9-11/h5-9,14H,10H2,1-4H3. The quantitative estimate of drug-likeness (QED) is 0.824. The van der Waals surface area contributed by atoms with Crippen molar-refractivity contribution in [1.29, 1.82) is 0 Å². The van der Waals surface area contributed by atoms with E-state index in [4.69, 9.17) is 4.74 Å². The zero-order chi connectivity index (χ0) is 11.5. The van der Waals surface area contributed by atoms with Crippen molar-refractivity contribution in [2.75, 3.05) is 0 Å². The van der Waals surface area contributed by atoms with Crippen LogP contribution in [0.3, 0.4) is 0 Å². The summed E-state index contributed by atoms with van der Waals surface area (Å²) in [6, 6.07) is 9.68. The highest BCUT2D eigenvalue weighted by Crippen LogP contribution is 2.25. The zero-order valence-electron chi connectivity index (χ0n) is 9.95. The Morgan fingerprint density at radius 1 is 1.07 bits per heavy atom. The summed E-state index contributed by atoms with van der Waals surface area (Å²) in [6.07, 6.45) is 0.592. The van der Waals surface area contributed by atoms with Crippen molar-refractivity contribution in [3.63, 3.8) is 0 Å². The van der Waals surface area contributed by atoms with Crippen LogP contribution in [0.2, 0.25) is 0 Å². The first kappa shape index (κ1) is 12.1. The van der Waals surface area contributed by atoms with Crippen LogP contribution in [0, 0.1) is 0 Å². The van der Waals surface area contributed by atoms with Crippen LogP contribution in [0.25, 0.3) is 0 Å². The van der Waals surface area contributed by atoms with Crippen LogP contribution < -0.4 is 4.74 Å². The molecule has 0 aliphatic carbocycles. The molecule has 0 aromatic heterocycles. The fraction of sp³-hybridized carbons (Fsp3) is 0.538. The van der Waals surface area contributed by atoms with E-state index in [0.717, 1.165) is 5.75 Å². The SMILES string of the molecule is CC(C)(O)CC(C)(C)Oc1ccccc1. The van der Waals surface area contributed by atoms with E-state index >= 15 is 0 Å². The van der Waals surface area contributed by atoms with Gasteiger partial charge < -0.3 is 9.84 Å². The molecule has 1 rings (SSSR count). The van der Waals surface area contributed by atoms with Gasteiger partial charge in [-0.2, -0.15) is 0 Å². The lowest BCUT2D eigenvalue weighted by Crippen LogP contribution is -2.37. The number of hydrogen-bond acceptors (Lipinski definition) is 2. The van der Waals surface area contributed by atoms with E-state index in [1.54, 1.807) is 13.8 Å². The third-order valence-electron chi connectivity index (χ3n) is 2.00. The van der Waals surface area contributed by atoms with E-state index in [9.17, 15) is 5.11 Å². The first-order valence-electron chi connectivity index (χ1n) is 5.25. The fourth-order valence-electron chi connectivity index (χ4n) is 1.89. The summed E-state index contributed by atoms with van der Waals surface area (Å²) in [6.45, 7) is 7.56. The van der Waals surface area contributed by atoms with E-state index in [0.29, 0.717) is 6.42 Å². The molecule has 2 nitrogen and oxygen atoms in total. The first-order chi connectivity index (χ1) is 6.79. The van der Waals surface area contributed by atoms with Gasteiger partial charge in [-0.1, -0.05) is 18.2 Å². The Kier molecular flexibility index (Phi) is 3.40. The molecule has 1 aromatic carbocycles. The Morgan fingerprint density at radius 2 is 1.60 bits per heavy atom. The largest absolute Gasteiger partial charge is 0.488 e. The van der Waals surface area contributed by atoms with Gasteiger partial charge in [0, 0.05) is 6.42 Å². The summed E-state index contributed by atoms with van der Waals surface area (Å²) in [4.78, 5) is 0.